The van der Waals surface area contributed by atoms with Gasteiger partial charge in [-0.1, -0.05) is 0 Å². The smallest absolute Gasteiger partial charge is 0.416 e. The third kappa shape index (κ3) is 3.79. The van der Waals surface area contributed by atoms with Crippen molar-refractivity contribution < 1.29 is 8.70 Å². The summed E-state index contributed by atoms with van der Waals surface area (Å²) in [6.45, 7) is 0. The van der Waals surface area contributed by atoms with Crippen LogP contribution in [-0.2, 0) is 4.12 Å². The van der Waals surface area contributed by atoms with Crippen LogP contribution in [0.5, 0.6) is 0 Å². The highest BCUT2D eigenvalue weighted by atomic mass is 28.3. The second-order valence-electron chi connectivity index (χ2n) is 0.751. The first-order valence-corrected chi connectivity index (χ1v) is 3.40. The van der Waals surface area contributed by atoms with E-state index in [0.717, 1.165) is 0 Å². The number of nitrogens with zero attached hydrogens (tertiary/aromatic N) is 1. The van der Waals surface area contributed by atoms with Crippen LogP contribution in [0, 0.1) is 10.1 Å². The highest BCUT2D eigenvalue weighted by Crippen LogP contribution is 1.57. The Kier molecular flexibility index (Phi) is 2.90. The van der Waals surface area contributed by atoms with Gasteiger partial charge in [-0.25, -0.2) is 0 Å². The van der Waals surface area contributed by atoms with Crippen LogP contribution in [0.1, 0.15) is 0 Å². The van der Waals surface area contributed by atoms with Crippen LogP contribution in [0.3, 0.4) is 0 Å². The molecule has 0 aromatic rings. The van der Waals surface area contributed by atoms with Crippen molar-refractivity contribution in [2.24, 2.45) is 0 Å². The summed E-state index contributed by atoms with van der Waals surface area (Å²) in [5.41, 5.74) is 0. The van der Waals surface area contributed by atoms with Gasteiger partial charge in [-0.05, 0) is 4.59 Å². The second-order valence-corrected chi connectivity index (χ2v) is 3.83. The van der Waals surface area contributed by atoms with Gasteiger partial charge in [0.1, 0.15) is 10.5 Å². The molecule has 4 nitrogen and oxygen atoms in total. The number of hydrogen-bond acceptors (Lipinski definition) is 3. The van der Waals surface area contributed by atoms with Crippen LogP contribution in [0.15, 0.2) is 0 Å². The quantitative estimate of drug-likeness (QED) is 0.233. The maximum absolute atomic E-state index is 9.36. The molecule has 0 aliphatic rings. The van der Waals surface area contributed by atoms with Crippen molar-refractivity contribution in [2.45, 2.75) is 0 Å². The van der Waals surface area contributed by atoms with Gasteiger partial charge in [0.2, 0.25) is 0 Å². The third-order valence-corrected chi connectivity index (χ3v) is 1.48. The lowest BCUT2D eigenvalue weighted by atomic mass is 13.4. The van der Waals surface area contributed by atoms with Crippen molar-refractivity contribution in [2.75, 3.05) is 0 Å². The predicted molar refractivity (Wildman–Crippen MR) is 26.6 cm³/mol. The maximum atomic E-state index is 9.36. The van der Waals surface area contributed by atoms with Crippen LogP contribution in [-0.4, -0.2) is 25.0 Å². The lowest BCUT2D eigenvalue weighted by Gasteiger charge is -1.82. The minimum Gasteiger partial charge on any atom is -0.416 e. The summed E-state index contributed by atoms with van der Waals surface area (Å²) in [5, 5.41) is 9.36. The average molecular weight is 123 g/mol. The molecule has 0 unspecified atom stereocenters. The van der Waals surface area contributed by atoms with Gasteiger partial charge in [0.15, 0.2) is 0 Å². The molecule has 0 atom stereocenters. The van der Waals surface area contributed by atoms with Crippen LogP contribution in [0.4, 0.5) is 0 Å². The molecule has 0 aromatic carbocycles. The molecule has 0 aliphatic carbocycles. The van der Waals surface area contributed by atoms with Crippen molar-refractivity contribution in [1.82, 2.24) is 0 Å². The Morgan fingerprint density at radius 3 is 2.50 bits per heavy atom. The van der Waals surface area contributed by atoms with Gasteiger partial charge in [0.25, 0.3) is 0 Å². The molecule has 0 fully saturated rings. The summed E-state index contributed by atoms with van der Waals surface area (Å²) in [7, 11) is -0.853. The predicted octanol–water partition coefficient (Wildman–Crippen LogP) is -2.44. The molecule has 0 rings (SSSR count). The van der Waals surface area contributed by atoms with Gasteiger partial charge < -0.3 is 4.12 Å². The lowest BCUT2D eigenvalue weighted by molar-refractivity contribution is -0.334. The van der Waals surface area contributed by atoms with E-state index in [0.29, 0.717) is 10.5 Å². The molecule has 0 aromatic heterocycles. The zero-order valence-electron chi connectivity index (χ0n) is 3.38. The van der Waals surface area contributed by atoms with Crippen molar-refractivity contribution in [1.29, 1.82) is 0 Å². The minimum atomic E-state index is -1.36. The summed E-state index contributed by atoms with van der Waals surface area (Å²) >= 11 is 0. The zero-order valence-corrected chi connectivity index (χ0v) is 6.79. The van der Waals surface area contributed by atoms with Crippen molar-refractivity contribution in [3.8, 4) is 0 Å². The summed E-state index contributed by atoms with van der Waals surface area (Å²) in [5.74, 6) is 0. The molecule has 6 heavy (non-hydrogen) atoms. The fourth-order valence-electron chi connectivity index (χ4n) is 0.105. The first-order valence-electron chi connectivity index (χ1n) is 1.38. The number of nitro groups is 1. The first-order chi connectivity index (χ1) is 2.77. The maximum Gasteiger partial charge on any atom is 0.534 e. The minimum absolute atomic E-state index is 0.368. The fourth-order valence-corrected chi connectivity index (χ4v) is 0.949. The molecule has 0 spiro atoms. The fraction of sp³-hybridized carbons (Fsp3) is 0. The Bertz CT molecular complexity index is 52.8. The molecular formula is H5NO3Si2. The molecule has 0 aliphatic heterocycles. The Morgan fingerprint density at radius 1 is 2.00 bits per heavy atom. The van der Waals surface area contributed by atoms with Crippen LogP contribution >= 0.6 is 0 Å². The third-order valence-electron chi connectivity index (χ3n) is 0.235. The van der Waals surface area contributed by atoms with Crippen LogP contribution < -0.4 is 0 Å². The monoisotopic (exact) mass is 123 g/mol. The largest absolute Gasteiger partial charge is 0.534 e. The van der Waals surface area contributed by atoms with E-state index < -0.39 is 9.92 Å². The van der Waals surface area contributed by atoms with Crippen molar-refractivity contribution in [3.63, 3.8) is 0 Å². The van der Waals surface area contributed by atoms with E-state index in [-0.39, 0.29) is 4.59 Å². The van der Waals surface area contributed by atoms with E-state index in [9.17, 15) is 10.1 Å². The van der Waals surface area contributed by atoms with Crippen molar-refractivity contribution >= 4 is 20.4 Å². The molecule has 0 N–H and O–H groups in total. The molecule has 36 valence electrons. The normalized spacial score (nSPS) is 10.7. The van der Waals surface area contributed by atoms with Crippen LogP contribution in [0.2, 0.25) is 0 Å². The first kappa shape index (κ1) is 5.79. The van der Waals surface area contributed by atoms with E-state index in [1.165, 1.54) is 0 Å². The molecule has 0 bridgehead atoms. The highest BCUT2D eigenvalue weighted by Gasteiger charge is 1.90. The van der Waals surface area contributed by atoms with Crippen LogP contribution in [0.25, 0.3) is 0 Å². The highest BCUT2D eigenvalue weighted by molar-refractivity contribution is 6.25. The summed E-state index contributed by atoms with van der Waals surface area (Å²) in [6.07, 6.45) is 0. The van der Waals surface area contributed by atoms with Gasteiger partial charge in [-0.15, -0.1) is 0 Å². The van der Waals surface area contributed by atoms with E-state index in [2.05, 4.69) is 4.12 Å². The second kappa shape index (κ2) is 3.00. The molecule has 0 radical (unpaired) electrons. The Balaban J connectivity index is 2.83. The van der Waals surface area contributed by atoms with Gasteiger partial charge in [0, 0.05) is 0 Å². The lowest BCUT2D eigenvalue weighted by Crippen LogP contribution is -2.07. The molecule has 6 heteroatoms. The van der Waals surface area contributed by atoms with E-state index in [1.807, 2.05) is 0 Å². The number of rotatable bonds is 2. The summed E-state index contributed by atoms with van der Waals surface area (Å²) < 4.78 is 4.01. The van der Waals surface area contributed by atoms with Crippen molar-refractivity contribution in [3.05, 3.63) is 10.1 Å². The topological polar surface area (TPSA) is 52.4 Å². The van der Waals surface area contributed by atoms with Gasteiger partial charge in [0.05, 0.1) is 0 Å². The van der Waals surface area contributed by atoms with Gasteiger partial charge >= 0.3 is 9.92 Å². The molecule has 0 saturated carbocycles. The number of hydrogen-bond donors (Lipinski definition) is 0. The molecule has 0 amide bonds. The summed E-state index contributed by atoms with van der Waals surface area (Å²) in [4.78, 5) is 9.36. The Hall–Kier alpha value is -0.206. The van der Waals surface area contributed by atoms with Gasteiger partial charge in [-0.3, -0.25) is 10.1 Å². The summed E-state index contributed by atoms with van der Waals surface area (Å²) in [6, 6.07) is 0. The standard InChI is InChI=1S/H5NO3Si2/c2-1(3)6-4-5/h6H2,5H3. The molecular weight excluding hydrogens is 118 g/mol. The Labute approximate surface area is 40.2 Å². The molecule has 0 heterocycles. The Morgan fingerprint density at radius 2 is 2.50 bits per heavy atom. The SMILES string of the molecule is O=[N+]([O-])[SiH2]O[SiH3]. The van der Waals surface area contributed by atoms with E-state index in [1.54, 1.807) is 0 Å². The zero-order chi connectivity index (χ0) is 4.99. The average Bonchev–Trinajstić information content (AvgIpc) is 1.35. The van der Waals surface area contributed by atoms with E-state index in [4.69, 9.17) is 0 Å². The van der Waals surface area contributed by atoms with E-state index >= 15 is 0 Å². The van der Waals surface area contributed by atoms with Gasteiger partial charge in [-0.2, -0.15) is 0 Å². The molecule has 0 saturated heterocycles.